The normalized spacial score (nSPS) is 11.0. The quantitative estimate of drug-likeness (QED) is 0.374. The molecule has 0 aliphatic rings. The molecule has 0 saturated carbocycles. The first-order valence-corrected chi connectivity index (χ1v) is 11.0. The van der Waals surface area contributed by atoms with E-state index in [0.29, 0.717) is 12.4 Å². The van der Waals surface area contributed by atoms with Gasteiger partial charge >= 0.3 is 0 Å². The zero-order chi connectivity index (χ0) is 20.8. The second-order valence-corrected chi connectivity index (χ2v) is 8.38. The molecule has 1 N–H and O–H groups in total. The summed E-state index contributed by atoms with van der Waals surface area (Å²) in [4.78, 5) is 21.0. The molecule has 0 bridgehead atoms. The third kappa shape index (κ3) is 5.20. The van der Waals surface area contributed by atoms with Crippen molar-refractivity contribution in [2.75, 3.05) is 5.32 Å². The van der Waals surface area contributed by atoms with Gasteiger partial charge in [0.2, 0.25) is 5.91 Å². The Balaban J connectivity index is 1.38. The SMILES string of the molecule is Cc1nc(COc2ccccc2/C=C/C(=O)Nc2ccc(-c3nccs3)cc2)cs1. The number of para-hydroxylation sites is 1. The Morgan fingerprint density at radius 3 is 2.70 bits per heavy atom. The first-order valence-electron chi connectivity index (χ1n) is 9.29. The number of ether oxygens (including phenoxy) is 1. The lowest BCUT2D eigenvalue weighted by molar-refractivity contribution is -0.111. The predicted octanol–water partition coefficient (Wildman–Crippen LogP) is 5.81. The molecule has 30 heavy (non-hydrogen) atoms. The van der Waals surface area contributed by atoms with Crippen LogP contribution in [0.25, 0.3) is 16.6 Å². The molecule has 0 atom stereocenters. The molecule has 150 valence electrons. The van der Waals surface area contributed by atoms with Gasteiger partial charge in [0.25, 0.3) is 0 Å². The molecule has 7 heteroatoms. The summed E-state index contributed by atoms with van der Waals surface area (Å²) in [6.45, 7) is 2.36. The molecule has 0 fully saturated rings. The summed E-state index contributed by atoms with van der Waals surface area (Å²) in [7, 11) is 0. The van der Waals surface area contributed by atoms with Crippen LogP contribution in [-0.2, 0) is 11.4 Å². The Morgan fingerprint density at radius 1 is 1.13 bits per heavy atom. The molecular weight excluding hydrogens is 414 g/mol. The lowest BCUT2D eigenvalue weighted by Crippen LogP contribution is -2.07. The molecule has 2 aromatic carbocycles. The Labute approximate surface area is 182 Å². The first-order chi connectivity index (χ1) is 14.7. The van der Waals surface area contributed by atoms with Crippen molar-refractivity contribution < 1.29 is 9.53 Å². The molecular formula is C23H19N3O2S2. The van der Waals surface area contributed by atoms with Crippen molar-refractivity contribution in [1.29, 1.82) is 0 Å². The summed E-state index contributed by atoms with van der Waals surface area (Å²) in [5.74, 6) is 0.502. The van der Waals surface area contributed by atoms with Gasteiger partial charge in [0.15, 0.2) is 0 Å². The third-order valence-corrected chi connectivity index (χ3v) is 5.85. The van der Waals surface area contributed by atoms with Gasteiger partial charge < -0.3 is 10.1 Å². The predicted molar refractivity (Wildman–Crippen MR) is 123 cm³/mol. The van der Waals surface area contributed by atoms with Crippen LogP contribution in [0.3, 0.4) is 0 Å². The molecule has 2 heterocycles. The van der Waals surface area contributed by atoms with Crippen LogP contribution in [0.15, 0.2) is 71.6 Å². The first kappa shape index (κ1) is 20.0. The largest absolute Gasteiger partial charge is 0.487 e. The fraction of sp³-hybridized carbons (Fsp3) is 0.0870. The van der Waals surface area contributed by atoms with Crippen LogP contribution in [0.4, 0.5) is 5.69 Å². The van der Waals surface area contributed by atoms with Crippen molar-refractivity contribution in [3.05, 3.63) is 87.8 Å². The van der Waals surface area contributed by atoms with Gasteiger partial charge in [0, 0.05) is 39.8 Å². The number of carbonyl (C=O) groups is 1. The molecule has 0 saturated heterocycles. The van der Waals surface area contributed by atoms with E-state index in [-0.39, 0.29) is 5.91 Å². The van der Waals surface area contributed by atoms with Crippen molar-refractivity contribution in [3.63, 3.8) is 0 Å². The fourth-order valence-corrected chi connectivity index (χ4v) is 4.03. The van der Waals surface area contributed by atoms with E-state index in [9.17, 15) is 4.79 Å². The van der Waals surface area contributed by atoms with Crippen LogP contribution >= 0.6 is 22.7 Å². The number of nitrogens with one attached hydrogen (secondary N) is 1. The van der Waals surface area contributed by atoms with Gasteiger partial charge in [-0.25, -0.2) is 9.97 Å². The molecule has 4 rings (SSSR count). The standard InChI is InChI=1S/C23H19N3O2S2/c1-16-25-20(15-30-16)14-28-21-5-3-2-4-17(21)8-11-22(27)26-19-9-6-18(7-10-19)23-24-12-13-29-23/h2-13,15H,14H2,1H3,(H,26,27)/b11-8+. The average Bonchev–Trinajstić information content (AvgIpc) is 3.44. The van der Waals surface area contributed by atoms with Crippen LogP contribution in [0.1, 0.15) is 16.3 Å². The number of anilines is 1. The fourth-order valence-electron chi connectivity index (χ4n) is 2.79. The minimum absolute atomic E-state index is 0.207. The van der Waals surface area contributed by atoms with E-state index in [1.54, 1.807) is 34.9 Å². The van der Waals surface area contributed by atoms with Crippen LogP contribution < -0.4 is 10.1 Å². The van der Waals surface area contributed by atoms with Crippen LogP contribution in [0, 0.1) is 6.92 Å². The van der Waals surface area contributed by atoms with Crippen molar-refractivity contribution in [2.45, 2.75) is 13.5 Å². The summed E-state index contributed by atoms with van der Waals surface area (Å²) in [5, 5.41) is 8.77. The Hall–Kier alpha value is -3.29. The number of carbonyl (C=O) groups excluding carboxylic acids is 1. The van der Waals surface area contributed by atoms with Crippen molar-refractivity contribution in [1.82, 2.24) is 9.97 Å². The van der Waals surface area contributed by atoms with E-state index in [1.165, 1.54) is 6.08 Å². The number of hydrogen-bond acceptors (Lipinski definition) is 6. The van der Waals surface area contributed by atoms with E-state index in [0.717, 1.165) is 32.5 Å². The number of nitrogens with zero attached hydrogens (tertiary/aromatic N) is 2. The number of hydrogen-bond donors (Lipinski definition) is 1. The highest BCUT2D eigenvalue weighted by molar-refractivity contribution is 7.13. The number of aromatic nitrogens is 2. The average molecular weight is 434 g/mol. The number of rotatable bonds is 7. The van der Waals surface area contributed by atoms with Gasteiger partial charge in [-0.05, 0) is 43.3 Å². The molecule has 0 radical (unpaired) electrons. The maximum absolute atomic E-state index is 12.3. The van der Waals surface area contributed by atoms with Gasteiger partial charge in [-0.1, -0.05) is 18.2 Å². The maximum atomic E-state index is 12.3. The van der Waals surface area contributed by atoms with Crippen molar-refractivity contribution >= 4 is 40.3 Å². The monoisotopic (exact) mass is 433 g/mol. The molecule has 0 spiro atoms. The Bertz CT molecular complexity index is 1150. The molecule has 5 nitrogen and oxygen atoms in total. The lowest BCUT2D eigenvalue weighted by atomic mass is 10.2. The highest BCUT2D eigenvalue weighted by atomic mass is 32.1. The lowest BCUT2D eigenvalue weighted by Gasteiger charge is -2.08. The van der Waals surface area contributed by atoms with Gasteiger partial charge in [0.05, 0.1) is 10.7 Å². The smallest absolute Gasteiger partial charge is 0.248 e. The van der Waals surface area contributed by atoms with Crippen LogP contribution in [0.5, 0.6) is 5.75 Å². The second kappa shape index (κ2) is 9.47. The van der Waals surface area contributed by atoms with Crippen molar-refractivity contribution in [2.24, 2.45) is 0 Å². The Morgan fingerprint density at radius 2 is 1.97 bits per heavy atom. The van der Waals surface area contributed by atoms with E-state index in [2.05, 4.69) is 15.3 Å². The van der Waals surface area contributed by atoms with Gasteiger partial charge in [-0.2, -0.15) is 0 Å². The van der Waals surface area contributed by atoms with Crippen molar-refractivity contribution in [3.8, 4) is 16.3 Å². The summed E-state index contributed by atoms with van der Waals surface area (Å²) in [6, 6.07) is 15.2. The molecule has 2 aromatic heterocycles. The van der Waals surface area contributed by atoms with Crippen LogP contribution in [-0.4, -0.2) is 15.9 Å². The molecule has 4 aromatic rings. The van der Waals surface area contributed by atoms with Gasteiger partial charge in [0.1, 0.15) is 17.4 Å². The topological polar surface area (TPSA) is 64.1 Å². The third-order valence-electron chi connectivity index (χ3n) is 4.21. The summed E-state index contributed by atoms with van der Waals surface area (Å²) in [6.07, 6.45) is 5.03. The highest BCUT2D eigenvalue weighted by Crippen LogP contribution is 2.24. The molecule has 1 amide bonds. The molecule has 0 unspecified atom stereocenters. The number of benzene rings is 2. The van der Waals surface area contributed by atoms with Crippen LogP contribution in [0.2, 0.25) is 0 Å². The number of thiazole rings is 2. The zero-order valence-electron chi connectivity index (χ0n) is 16.2. The highest BCUT2D eigenvalue weighted by Gasteiger charge is 2.05. The number of amides is 1. The molecule has 0 aliphatic carbocycles. The van der Waals surface area contributed by atoms with E-state index in [1.807, 2.05) is 66.2 Å². The number of aryl methyl sites for hydroxylation is 1. The zero-order valence-corrected chi connectivity index (χ0v) is 17.9. The summed E-state index contributed by atoms with van der Waals surface area (Å²) >= 11 is 3.18. The van der Waals surface area contributed by atoms with Gasteiger partial charge in [-0.15, -0.1) is 22.7 Å². The van der Waals surface area contributed by atoms with Gasteiger partial charge in [-0.3, -0.25) is 4.79 Å². The van der Waals surface area contributed by atoms with E-state index >= 15 is 0 Å². The Kier molecular flexibility index (Phi) is 6.32. The van der Waals surface area contributed by atoms with E-state index in [4.69, 9.17) is 4.74 Å². The molecule has 0 aliphatic heterocycles. The minimum atomic E-state index is -0.207. The minimum Gasteiger partial charge on any atom is -0.487 e. The summed E-state index contributed by atoms with van der Waals surface area (Å²) < 4.78 is 5.89. The summed E-state index contributed by atoms with van der Waals surface area (Å²) in [5.41, 5.74) is 3.49. The van der Waals surface area contributed by atoms with E-state index < -0.39 is 0 Å². The maximum Gasteiger partial charge on any atom is 0.248 e. The second-order valence-electron chi connectivity index (χ2n) is 6.42.